The summed E-state index contributed by atoms with van der Waals surface area (Å²) in [5.74, 6) is -1.66. The minimum atomic E-state index is -1.01. The fourth-order valence-electron chi connectivity index (χ4n) is 2.10. The number of carbonyl (C=O) groups excluding carboxylic acids is 2. The first kappa shape index (κ1) is 20.2. The van der Waals surface area contributed by atoms with E-state index >= 15 is 0 Å². The van der Waals surface area contributed by atoms with E-state index in [2.05, 4.69) is 23.9 Å². The number of hydrogen-bond donors (Lipinski definition) is 2. The van der Waals surface area contributed by atoms with Crippen molar-refractivity contribution in [3.8, 4) is 0 Å². The van der Waals surface area contributed by atoms with E-state index in [0.717, 1.165) is 19.3 Å². The number of rotatable bonds is 10. The van der Waals surface area contributed by atoms with Crippen LogP contribution in [0, 0.1) is 11.8 Å². The molecule has 7 heteroatoms. The predicted molar refractivity (Wildman–Crippen MR) is 80.1 cm³/mol. The van der Waals surface area contributed by atoms with Crippen LogP contribution in [0.5, 0.6) is 0 Å². The molecule has 128 valence electrons. The molecule has 0 fully saturated rings. The molecule has 0 rings (SSSR count). The molecule has 0 saturated heterocycles. The number of aliphatic carboxylic acids is 1. The van der Waals surface area contributed by atoms with Crippen LogP contribution in [0.25, 0.3) is 0 Å². The Labute approximate surface area is 131 Å². The molecule has 1 amide bonds. The fraction of sp³-hybridized carbons (Fsp3) is 0.800. The van der Waals surface area contributed by atoms with Crippen LogP contribution in [0.15, 0.2) is 0 Å². The van der Waals surface area contributed by atoms with Gasteiger partial charge in [0.15, 0.2) is 0 Å². The lowest BCUT2D eigenvalue weighted by Crippen LogP contribution is -2.35. The molecule has 0 bridgehead atoms. The van der Waals surface area contributed by atoms with E-state index in [-0.39, 0.29) is 6.54 Å². The van der Waals surface area contributed by atoms with Gasteiger partial charge in [-0.2, -0.15) is 0 Å². The van der Waals surface area contributed by atoms with Gasteiger partial charge in [0, 0.05) is 20.4 Å². The fourth-order valence-corrected chi connectivity index (χ4v) is 2.10. The summed E-state index contributed by atoms with van der Waals surface area (Å²) in [6.07, 6.45) is 1.52. The maximum Gasteiger partial charge on any atom is 0.410 e. The maximum absolute atomic E-state index is 11.5. The Hall–Kier alpha value is -1.79. The van der Waals surface area contributed by atoms with E-state index in [4.69, 9.17) is 4.74 Å². The monoisotopic (exact) mass is 317 g/mol. The summed E-state index contributed by atoms with van der Waals surface area (Å²) in [5, 5.41) is 11.6. The Morgan fingerprint density at radius 2 is 1.68 bits per heavy atom. The smallest absolute Gasteiger partial charge is 0.410 e. The molecule has 0 aromatic carbocycles. The first-order chi connectivity index (χ1) is 10.3. The van der Waals surface area contributed by atoms with Crippen molar-refractivity contribution in [1.82, 2.24) is 5.32 Å². The molecule has 7 nitrogen and oxygen atoms in total. The highest BCUT2D eigenvalue weighted by molar-refractivity contribution is 5.72. The first-order valence-corrected chi connectivity index (χ1v) is 7.64. The van der Waals surface area contributed by atoms with Gasteiger partial charge in [-0.1, -0.05) is 26.7 Å². The van der Waals surface area contributed by atoms with Crippen molar-refractivity contribution < 1.29 is 29.0 Å². The van der Waals surface area contributed by atoms with Crippen LogP contribution in [0.3, 0.4) is 0 Å². The number of hydrogen-bond acceptors (Lipinski definition) is 5. The molecular weight excluding hydrogens is 290 g/mol. The largest absolute Gasteiger partial charge is 0.481 e. The van der Waals surface area contributed by atoms with Crippen LogP contribution in [0.4, 0.5) is 4.79 Å². The minimum Gasteiger partial charge on any atom is -0.481 e. The summed E-state index contributed by atoms with van der Waals surface area (Å²) in [6, 6.07) is 0. The van der Waals surface area contributed by atoms with Gasteiger partial charge in [-0.25, -0.2) is 4.79 Å². The highest BCUT2D eigenvalue weighted by Crippen LogP contribution is 2.18. The van der Waals surface area contributed by atoms with Gasteiger partial charge in [0.1, 0.15) is 0 Å². The molecular formula is C15H27NO6. The van der Waals surface area contributed by atoms with Gasteiger partial charge in [-0.15, -0.1) is 0 Å². The van der Waals surface area contributed by atoms with Crippen molar-refractivity contribution in [3.05, 3.63) is 0 Å². The molecule has 0 aliphatic rings. The molecule has 2 atom stereocenters. The van der Waals surface area contributed by atoms with Gasteiger partial charge in [-0.3, -0.25) is 9.59 Å². The highest BCUT2D eigenvalue weighted by Gasteiger charge is 2.21. The Morgan fingerprint density at radius 1 is 1.09 bits per heavy atom. The molecule has 0 aromatic rings. The third-order valence-corrected chi connectivity index (χ3v) is 3.53. The summed E-state index contributed by atoms with van der Waals surface area (Å²) in [4.78, 5) is 33.4. The molecule has 22 heavy (non-hydrogen) atoms. The van der Waals surface area contributed by atoms with E-state index in [9.17, 15) is 19.5 Å². The van der Waals surface area contributed by atoms with Crippen molar-refractivity contribution >= 4 is 18.0 Å². The van der Waals surface area contributed by atoms with Crippen LogP contribution < -0.4 is 5.32 Å². The summed E-state index contributed by atoms with van der Waals surface area (Å²) in [5.41, 5.74) is 0. The SMILES string of the molecule is CCC(CC)CC[C@@H](CNC(=O)O[C@H](C)OC(C)=O)C(=O)O. The zero-order chi connectivity index (χ0) is 17.1. The number of esters is 1. The number of ether oxygens (including phenoxy) is 2. The minimum absolute atomic E-state index is 0.0128. The lowest BCUT2D eigenvalue weighted by Gasteiger charge is -2.18. The van der Waals surface area contributed by atoms with Gasteiger partial charge in [0.2, 0.25) is 6.29 Å². The second-order valence-corrected chi connectivity index (χ2v) is 5.26. The Bertz CT molecular complexity index is 367. The number of amides is 1. The maximum atomic E-state index is 11.5. The van der Waals surface area contributed by atoms with Gasteiger partial charge < -0.3 is 19.9 Å². The number of carbonyl (C=O) groups is 3. The normalized spacial score (nSPS) is 13.3. The molecule has 0 spiro atoms. The van der Waals surface area contributed by atoms with Crippen molar-refractivity contribution in [2.75, 3.05) is 6.54 Å². The van der Waals surface area contributed by atoms with Crippen LogP contribution >= 0.6 is 0 Å². The van der Waals surface area contributed by atoms with Crippen molar-refractivity contribution in [2.45, 2.75) is 59.7 Å². The van der Waals surface area contributed by atoms with E-state index in [1.54, 1.807) is 0 Å². The second-order valence-electron chi connectivity index (χ2n) is 5.26. The molecule has 0 saturated carbocycles. The average Bonchev–Trinajstić information content (AvgIpc) is 2.41. The zero-order valence-corrected chi connectivity index (χ0v) is 13.8. The first-order valence-electron chi connectivity index (χ1n) is 7.64. The van der Waals surface area contributed by atoms with Crippen LogP contribution in [0.1, 0.15) is 53.4 Å². The van der Waals surface area contributed by atoms with Crippen molar-refractivity contribution in [3.63, 3.8) is 0 Å². The summed E-state index contributed by atoms with van der Waals surface area (Å²) >= 11 is 0. The van der Waals surface area contributed by atoms with E-state index in [0.29, 0.717) is 12.3 Å². The lowest BCUT2D eigenvalue weighted by atomic mass is 9.92. The molecule has 0 heterocycles. The molecule has 0 aliphatic carbocycles. The molecule has 0 unspecified atom stereocenters. The Balaban J connectivity index is 4.21. The third kappa shape index (κ3) is 9.20. The van der Waals surface area contributed by atoms with Crippen LogP contribution in [-0.2, 0) is 19.1 Å². The Kier molecular flexibility index (Phi) is 9.98. The van der Waals surface area contributed by atoms with Crippen molar-refractivity contribution in [1.29, 1.82) is 0 Å². The van der Waals surface area contributed by atoms with Gasteiger partial charge >= 0.3 is 18.0 Å². The van der Waals surface area contributed by atoms with E-state index in [1.165, 1.54) is 13.8 Å². The predicted octanol–water partition coefficient (Wildman–Crippen LogP) is 2.54. The number of nitrogens with one attached hydrogen (secondary N) is 1. The highest BCUT2D eigenvalue weighted by atomic mass is 16.7. The van der Waals surface area contributed by atoms with Crippen LogP contribution in [0.2, 0.25) is 0 Å². The van der Waals surface area contributed by atoms with Gasteiger partial charge in [0.25, 0.3) is 0 Å². The van der Waals surface area contributed by atoms with Crippen LogP contribution in [-0.4, -0.2) is 36.0 Å². The molecule has 0 radical (unpaired) electrons. The topological polar surface area (TPSA) is 102 Å². The average molecular weight is 317 g/mol. The van der Waals surface area contributed by atoms with E-state index < -0.39 is 30.2 Å². The van der Waals surface area contributed by atoms with E-state index in [1.807, 2.05) is 0 Å². The molecule has 0 aliphatic heterocycles. The lowest BCUT2D eigenvalue weighted by molar-refractivity contribution is -0.162. The summed E-state index contributed by atoms with van der Waals surface area (Å²) in [7, 11) is 0. The summed E-state index contributed by atoms with van der Waals surface area (Å²) < 4.78 is 9.42. The Morgan fingerprint density at radius 3 is 2.14 bits per heavy atom. The zero-order valence-electron chi connectivity index (χ0n) is 13.8. The van der Waals surface area contributed by atoms with Crippen molar-refractivity contribution in [2.24, 2.45) is 11.8 Å². The third-order valence-electron chi connectivity index (χ3n) is 3.53. The number of alkyl carbamates (subject to hydrolysis) is 1. The molecule has 2 N–H and O–H groups in total. The number of carboxylic acids is 1. The van der Waals surface area contributed by atoms with Gasteiger partial charge in [0.05, 0.1) is 5.92 Å². The van der Waals surface area contributed by atoms with Gasteiger partial charge in [-0.05, 0) is 18.8 Å². The summed E-state index contributed by atoms with van der Waals surface area (Å²) in [6.45, 7) is 6.76. The molecule has 0 aromatic heterocycles. The quantitative estimate of drug-likeness (QED) is 0.474. The number of carboxylic acid groups (broad SMARTS) is 1. The standard InChI is InChI=1S/C15H27NO6/c1-5-12(6-2)7-8-13(14(18)19)9-16-15(20)22-11(4)21-10(3)17/h11-13H,5-9H2,1-4H3,(H,16,20)(H,18,19)/t11-,13+/m1/s1. The second kappa shape index (κ2) is 10.9.